The molecule has 0 bridgehead atoms. The van der Waals surface area contributed by atoms with Gasteiger partial charge >= 0.3 is 0 Å². The van der Waals surface area contributed by atoms with Gasteiger partial charge in [-0.2, -0.15) is 0 Å². The molecule has 0 fully saturated rings. The van der Waals surface area contributed by atoms with Crippen LogP contribution in [0.25, 0.3) is 0 Å². The number of carbonyl (C=O) groups excluding carboxylic acids is 1. The first-order valence-corrected chi connectivity index (χ1v) is 10.7. The molecular weight excluding hydrogens is 420 g/mol. The third-order valence-electron chi connectivity index (χ3n) is 4.23. The van der Waals surface area contributed by atoms with Gasteiger partial charge in [0.05, 0.1) is 24.8 Å². The molecule has 0 saturated carbocycles. The van der Waals surface area contributed by atoms with Gasteiger partial charge in [-0.15, -0.1) is 0 Å². The highest BCUT2D eigenvalue weighted by molar-refractivity contribution is 7.92. The highest BCUT2D eigenvalue weighted by atomic mass is 32.2. The first-order valence-electron chi connectivity index (χ1n) is 9.24. The van der Waals surface area contributed by atoms with Crippen LogP contribution in [0.15, 0.2) is 77.7 Å². The summed E-state index contributed by atoms with van der Waals surface area (Å²) in [6, 6.07) is 19.5. The lowest BCUT2D eigenvalue weighted by Crippen LogP contribution is -2.20. The highest BCUT2D eigenvalue weighted by Crippen LogP contribution is 2.27. The molecule has 0 radical (unpaired) electrons. The quantitative estimate of drug-likeness (QED) is 0.526. The van der Waals surface area contributed by atoms with Crippen molar-refractivity contribution in [3.63, 3.8) is 0 Å². The Morgan fingerprint density at radius 1 is 0.806 bits per heavy atom. The van der Waals surface area contributed by atoms with Crippen LogP contribution < -0.4 is 24.2 Å². The number of carbonyl (C=O) groups is 1. The zero-order valence-electron chi connectivity index (χ0n) is 17.0. The molecule has 162 valence electrons. The highest BCUT2D eigenvalue weighted by Gasteiger charge is 2.16. The average Bonchev–Trinajstić information content (AvgIpc) is 2.78. The smallest absolute Gasteiger partial charge is 0.262 e. The van der Waals surface area contributed by atoms with Gasteiger partial charge in [-0.1, -0.05) is 24.3 Å². The van der Waals surface area contributed by atoms with E-state index in [0.29, 0.717) is 28.6 Å². The minimum absolute atomic E-state index is 0.0432. The monoisotopic (exact) mass is 442 g/mol. The van der Waals surface area contributed by atoms with Crippen LogP contribution in [0.3, 0.4) is 0 Å². The minimum Gasteiger partial charge on any atom is -0.495 e. The maximum atomic E-state index is 12.6. The molecule has 0 aliphatic rings. The largest absolute Gasteiger partial charge is 0.495 e. The van der Waals surface area contributed by atoms with Crippen LogP contribution in [0.5, 0.6) is 17.2 Å². The van der Waals surface area contributed by atoms with Crippen molar-refractivity contribution >= 4 is 27.3 Å². The Kier molecular flexibility index (Phi) is 6.99. The molecule has 3 aromatic rings. The van der Waals surface area contributed by atoms with E-state index in [2.05, 4.69) is 10.0 Å². The van der Waals surface area contributed by atoms with E-state index < -0.39 is 15.9 Å². The van der Waals surface area contributed by atoms with Gasteiger partial charge < -0.3 is 19.5 Å². The molecule has 3 aromatic carbocycles. The number of amides is 1. The molecule has 1 amide bonds. The molecular formula is C22H22N2O6S. The van der Waals surface area contributed by atoms with Crippen LogP contribution in [0.1, 0.15) is 0 Å². The summed E-state index contributed by atoms with van der Waals surface area (Å²) in [5, 5.41) is 2.66. The number of anilines is 2. The number of hydrogen-bond donors (Lipinski definition) is 2. The van der Waals surface area contributed by atoms with Gasteiger partial charge in [0.2, 0.25) is 0 Å². The van der Waals surface area contributed by atoms with E-state index in [1.165, 1.54) is 38.5 Å². The van der Waals surface area contributed by atoms with Crippen molar-refractivity contribution in [1.29, 1.82) is 0 Å². The second-order valence-electron chi connectivity index (χ2n) is 6.32. The molecule has 0 saturated heterocycles. The van der Waals surface area contributed by atoms with E-state index in [-0.39, 0.29) is 11.5 Å². The summed E-state index contributed by atoms with van der Waals surface area (Å²) in [5.74, 6) is 0.982. The summed E-state index contributed by atoms with van der Waals surface area (Å²) in [4.78, 5) is 12.2. The number of benzene rings is 3. The fraction of sp³-hybridized carbons (Fsp3) is 0.136. The van der Waals surface area contributed by atoms with Crippen molar-refractivity contribution in [1.82, 2.24) is 0 Å². The summed E-state index contributed by atoms with van der Waals surface area (Å²) in [5.41, 5.74) is 0.765. The van der Waals surface area contributed by atoms with Gasteiger partial charge in [0.1, 0.15) is 5.75 Å². The minimum atomic E-state index is -3.83. The second-order valence-corrected chi connectivity index (χ2v) is 8.00. The van der Waals surface area contributed by atoms with Gasteiger partial charge in [-0.3, -0.25) is 9.52 Å². The van der Waals surface area contributed by atoms with Crippen LogP contribution in [-0.4, -0.2) is 35.2 Å². The lowest BCUT2D eigenvalue weighted by Gasteiger charge is -2.12. The summed E-state index contributed by atoms with van der Waals surface area (Å²) < 4.78 is 43.6. The Hall–Kier alpha value is -3.72. The van der Waals surface area contributed by atoms with Crippen LogP contribution in [0, 0.1) is 0 Å². The summed E-state index contributed by atoms with van der Waals surface area (Å²) in [6.07, 6.45) is 0. The predicted molar refractivity (Wildman–Crippen MR) is 117 cm³/mol. The van der Waals surface area contributed by atoms with Gasteiger partial charge in [0, 0.05) is 5.69 Å². The number of hydrogen-bond acceptors (Lipinski definition) is 6. The van der Waals surface area contributed by atoms with Crippen molar-refractivity contribution < 1.29 is 27.4 Å². The van der Waals surface area contributed by atoms with Crippen molar-refractivity contribution in [2.45, 2.75) is 4.90 Å². The zero-order chi connectivity index (χ0) is 22.3. The van der Waals surface area contributed by atoms with Crippen molar-refractivity contribution in [2.75, 3.05) is 30.9 Å². The normalized spacial score (nSPS) is 10.8. The van der Waals surface area contributed by atoms with Crippen LogP contribution >= 0.6 is 0 Å². The Balaban J connectivity index is 1.62. The predicted octanol–water partition coefficient (Wildman–Crippen LogP) is 3.52. The average molecular weight is 442 g/mol. The third kappa shape index (κ3) is 5.67. The summed E-state index contributed by atoms with van der Waals surface area (Å²) >= 11 is 0. The van der Waals surface area contributed by atoms with Crippen LogP contribution in [0.2, 0.25) is 0 Å². The molecule has 3 rings (SSSR count). The Labute approximate surface area is 180 Å². The first-order chi connectivity index (χ1) is 14.9. The number of sulfonamides is 1. The zero-order valence-corrected chi connectivity index (χ0v) is 17.8. The molecule has 0 aromatic heterocycles. The van der Waals surface area contributed by atoms with E-state index in [1.54, 1.807) is 48.5 Å². The number of methoxy groups -OCH3 is 2. The lowest BCUT2D eigenvalue weighted by molar-refractivity contribution is -0.118. The number of nitrogens with one attached hydrogen (secondary N) is 2. The van der Waals surface area contributed by atoms with E-state index in [4.69, 9.17) is 14.2 Å². The topological polar surface area (TPSA) is 103 Å². The fourth-order valence-corrected chi connectivity index (χ4v) is 3.80. The summed E-state index contributed by atoms with van der Waals surface area (Å²) in [6.45, 7) is -0.226. The van der Waals surface area contributed by atoms with E-state index in [0.717, 1.165) is 0 Å². The molecule has 2 N–H and O–H groups in total. The molecule has 8 nitrogen and oxygen atoms in total. The van der Waals surface area contributed by atoms with E-state index in [9.17, 15) is 13.2 Å². The first kappa shape index (κ1) is 22.0. The maximum absolute atomic E-state index is 12.6. The molecule has 0 aliphatic carbocycles. The molecule has 9 heteroatoms. The number of rotatable bonds is 9. The van der Waals surface area contributed by atoms with Crippen molar-refractivity contribution in [3.8, 4) is 17.2 Å². The van der Waals surface area contributed by atoms with Crippen molar-refractivity contribution in [3.05, 3.63) is 72.8 Å². The lowest BCUT2D eigenvalue weighted by atomic mass is 10.3. The molecule has 0 aliphatic heterocycles. The second kappa shape index (κ2) is 9.86. The molecule has 0 atom stereocenters. The standard InChI is InChI=1S/C22H22N2O6S/c1-28-19-8-4-3-7-18(19)24-31(26,27)17-13-11-16(12-14-17)23-22(25)15-30-21-10-6-5-9-20(21)29-2/h3-14,24H,15H2,1-2H3,(H,23,25). The molecule has 0 heterocycles. The Morgan fingerprint density at radius 3 is 2.03 bits per heavy atom. The Morgan fingerprint density at radius 2 is 1.39 bits per heavy atom. The number of ether oxygens (including phenoxy) is 3. The molecule has 31 heavy (non-hydrogen) atoms. The maximum Gasteiger partial charge on any atom is 0.262 e. The number of para-hydroxylation sites is 4. The van der Waals surface area contributed by atoms with Gasteiger partial charge in [0.15, 0.2) is 18.1 Å². The third-order valence-corrected chi connectivity index (χ3v) is 5.61. The van der Waals surface area contributed by atoms with E-state index in [1.807, 2.05) is 0 Å². The summed E-state index contributed by atoms with van der Waals surface area (Å²) in [7, 11) is -0.851. The SMILES string of the molecule is COc1ccccc1NS(=O)(=O)c1ccc(NC(=O)COc2ccccc2OC)cc1. The van der Waals surface area contributed by atoms with Crippen LogP contribution in [0.4, 0.5) is 11.4 Å². The fourth-order valence-electron chi connectivity index (χ4n) is 2.73. The van der Waals surface area contributed by atoms with E-state index >= 15 is 0 Å². The van der Waals surface area contributed by atoms with Gasteiger partial charge in [-0.25, -0.2) is 8.42 Å². The molecule has 0 unspecified atom stereocenters. The van der Waals surface area contributed by atoms with Gasteiger partial charge in [-0.05, 0) is 48.5 Å². The van der Waals surface area contributed by atoms with Gasteiger partial charge in [0.25, 0.3) is 15.9 Å². The van der Waals surface area contributed by atoms with Crippen LogP contribution in [-0.2, 0) is 14.8 Å². The Bertz CT molecular complexity index is 1150. The molecule has 0 spiro atoms. The van der Waals surface area contributed by atoms with Crippen molar-refractivity contribution in [2.24, 2.45) is 0 Å².